The molecule has 1 aromatic rings. The molecule has 4 nitrogen and oxygen atoms in total. The molecule has 0 bridgehead atoms. The Balaban J connectivity index is 2.93. The van der Waals surface area contributed by atoms with Gasteiger partial charge in [-0.2, -0.15) is 0 Å². The molecular formula is C12H12F2O4. The molecule has 0 aromatic heterocycles. The molecule has 0 fully saturated rings. The number of aromatic carboxylic acids is 1. The molecule has 0 aliphatic heterocycles. The minimum absolute atomic E-state index is 0.0611. The third kappa shape index (κ3) is 3.51. The number of alkyl halides is 2. The quantitative estimate of drug-likeness (QED) is 0.824. The minimum atomic E-state index is -2.87. The first-order chi connectivity index (χ1) is 8.45. The van der Waals surface area contributed by atoms with Gasteiger partial charge >= 0.3 is 11.9 Å². The molecule has 98 valence electrons. The summed E-state index contributed by atoms with van der Waals surface area (Å²) in [6.45, 7) is 0. The molecule has 0 aliphatic rings. The van der Waals surface area contributed by atoms with E-state index in [1.54, 1.807) is 0 Å². The van der Waals surface area contributed by atoms with Gasteiger partial charge in [-0.15, -0.1) is 0 Å². The monoisotopic (exact) mass is 258 g/mol. The maximum atomic E-state index is 12.7. The number of hydrogen-bond donors (Lipinski definition) is 1. The highest BCUT2D eigenvalue weighted by Crippen LogP contribution is 2.24. The number of carbonyl (C=O) groups is 2. The van der Waals surface area contributed by atoms with E-state index >= 15 is 0 Å². The van der Waals surface area contributed by atoms with Gasteiger partial charge in [0.1, 0.15) is 0 Å². The molecule has 6 heteroatoms. The molecule has 0 saturated heterocycles. The molecule has 0 saturated carbocycles. The summed E-state index contributed by atoms with van der Waals surface area (Å²) >= 11 is 0. The number of ether oxygens (including phenoxy) is 1. The van der Waals surface area contributed by atoms with Crippen molar-refractivity contribution in [3.8, 4) is 0 Å². The van der Waals surface area contributed by atoms with Crippen LogP contribution in [-0.4, -0.2) is 24.2 Å². The molecule has 18 heavy (non-hydrogen) atoms. The number of benzene rings is 1. The van der Waals surface area contributed by atoms with Crippen molar-refractivity contribution in [2.24, 2.45) is 0 Å². The summed E-state index contributed by atoms with van der Waals surface area (Å²) in [5, 5.41) is 8.75. The van der Waals surface area contributed by atoms with Crippen LogP contribution < -0.4 is 0 Å². The molecule has 1 aromatic carbocycles. The van der Waals surface area contributed by atoms with E-state index in [-0.39, 0.29) is 12.8 Å². The van der Waals surface area contributed by atoms with E-state index in [2.05, 4.69) is 4.74 Å². The van der Waals surface area contributed by atoms with Crippen LogP contribution in [0, 0.1) is 0 Å². The van der Waals surface area contributed by atoms with Gasteiger partial charge in [0.05, 0.1) is 12.7 Å². The van der Waals surface area contributed by atoms with Crippen molar-refractivity contribution < 1.29 is 28.2 Å². The molecule has 0 amide bonds. The first-order valence-corrected chi connectivity index (χ1v) is 5.16. The largest absolute Gasteiger partial charge is 0.478 e. The lowest BCUT2D eigenvalue weighted by Crippen LogP contribution is -2.06. The van der Waals surface area contributed by atoms with E-state index < -0.39 is 29.5 Å². The fourth-order valence-corrected chi connectivity index (χ4v) is 1.49. The molecule has 1 N–H and O–H groups in total. The lowest BCUT2D eigenvalue weighted by Gasteiger charge is -2.08. The number of halogens is 2. The minimum Gasteiger partial charge on any atom is -0.478 e. The van der Waals surface area contributed by atoms with E-state index in [9.17, 15) is 18.4 Å². The second-order valence-corrected chi connectivity index (χ2v) is 3.60. The Labute approximate surface area is 102 Å². The van der Waals surface area contributed by atoms with Crippen LogP contribution in [-0.2, 0) is 16.0 Å². The fraction of sp³-hybridized carbons (Fsp3) is 0.333. The zero-order valence-electron chi connectivity index (χ0n) is 9.65. The molecule has 0 atom stereocenters. The SMILES string of the molecule is COC(=O)CCc1ccc(C(=O)O)c(C(F)F)c1. The van der Waals surface area contributed by atoms with Gasteiger partial charge in [0.25, 0.3) is 6.43 Å². The van der Waals surface area contributed by atoms with Gasteiger partial charge in [-0.1, -0.05) is 6.07 Å². The zero-order chi connectivity index (χ0) is 13.7. The fourth-order valence-electron chi connectivity index (χ4n) is 1.49. The van der Waals surface area contributed by atoms with Gasteiger partial charge in [-0.25, -0.2) is 13.6 Å². The third-order valence-corrected chi connectivity index (χ3v) is 2.43. The smallest absolute Gasteiger partial charge is 0.336 e. The maximum Gasteiger partial charge on any atom is 0.336 e. The van der Waals surface area contributed by atoms with Crippen molar-refractivity contribution in [2.75, 3.05) is 7.11 Å². The van der Waals surface area contributed by atoms with Crippen LogP contribution in [0.2, 0.25) is 0 Å². The van der Waals surface area contributed by atoms with Gasteiger partial charge in [-0.05, 0) is 24.1 Å². The number of methoxy groups -OCH3 is 1. The Morgan fingerprint density at radius 2 is 2.06 bits per heavy atom. The Kier molecular flexibility index (Phi) is 4.76. The van der Waals surface area contributed by atoms with Crippen molar-refractivity contribution in [1.82, 2.24) is 0 Å². The van der Waals surface area contributed by atoms with Crippen molar-refractivity contribution in [2.45, 2.75) is 19.3 Å². The number of rotatable bonds is 5. The third-order valence-electron chi connectivity index (χ3n) is 2.43. The summed E-state index contributed by atoms with van der Waals surface area (Å²) in [4.78, 5) is 21.7. The second-order valence-electron chi connectivity index (χ2n) is 3.60. The van der Waals surface area contributed by atoms with Gasteiger partial charge < -0.3 is 9.84 Å². The molecule has 0 spiro atoms. The summed E-state index contributed by atoms with van der Waals surface area (Å²) in [6.07, 6.45) is -2.58. The van der Waals surface area contributed by atoms with Crippen LogP contribution in [0.3, 0.4) is 0 Å². The molecule has 0 unspecified atom stereocenters. The Bertz CT molecular complexity index is 457. The highest BCUT2D eigenvalue weighted by atomic mass is 19.3. The summed E-state index contributed by atoms with van der Waals surface area (Å²) in [5.74, 6) is -1.85. The van der Waals surface area contributed by atoms with E-state index in [1.807, 2.05) is 0 Å². The van der Waals surface area contributed by atoms with Gasteiger partial charge in [-0.3, -0.25) is 4.79 Å². The molecular weight excluding hydrogens is 246 g/mol. The number of esters is 1. The standard InChI is InChI=1S/C12H12F2O4/c1-18-10(15)5-3-7-2-4-8(12(16)17)9(6-7)11(13)14/h2,4,6,11H,3,5H2,1H3,(H,16,17). The van der Waals surface area contributed by atoms with Crippen LogP contribution in [0.1, 0.15) is 34.3 Å². The van der Waals surface area contributed by atoms with E-state index in [0.717, 1.165) is 12.1 Å². The van der Waals surface area contributed by atoms with Crippen molar-refractivity contribution in [3.05, 3.63) is 34.9 Å². The lowest BCUT2D eigenvalue weighted by atomic mass is 10.0. The van der Waals surface area contributed by atoms with Gasteiger partial charge in [0, 0.05) is 12.0 Å². The number of carbonyl (C=O) groups excluding carboxylic acids is 1. The number of carboxylic acid groups (broad SMARTS) is 1. The second kappa shape index (κ2) is 6.09. The molecule has 0 heterocycles. The van der Waals surface area contributed by atoms with Crippen molar-refractivity contribution >= 4 is 11.9 Å². The topological polar surface area (TPSA) is 63.6 Å². The van der Waals surface area contributed by atoms with Crippen molar-refractivity contribution in [3.63, 3.8) is 0 Å². The zero-order valence-corrected chi connectivity index (χ0v) is 9.65. The van der Waals surface area contributed by atoms with Crippen LogP contribution in [0.4, 0.5) is 8.78 Å². The first kappa shape index (κ1) is 14.1. The number of hydrogen-bond acceptors (Lipinski definition) is 3. The Morgan fingerprint density at radius 1 is 1.39 bits per heavy atom. The van der Waals surface area contributed by atoms with Crippen molar-refractivity contribution in [1.29, 1.82) is 0 Å². The number of aryl methyl sites for hydroxylation is 1. The van der Waals surface area contributed by atoms with Gasteiger partial charge in [0.2, 0.25) is 0 Å². The normalized spacial score (nSPS) is 10.4. The van der Waals surface area contributed by atoms with Crippen LogP contribution >= 0.6 is 0 Å². The van der Waals surface area contributed by atoms with E-state index in [4.69, 9.17) is 5.11 Å². The lowest BCUT2D eigenvalue weighted by molar-refractivity contribution is -0.140. The summed E-state index contributed by atoms with van der Waals surface area (Å²) in [6, 6.07) is 3.64. The Morgan fingerprint density at radius 3 is 2.56 bits per heavy atom. The van der Waals surface area contributed by atoms with Crippen LogP contribution in [0.15, 0.2) is 18.2 Å². The predicted octanol–water partition coefficient (Wildman–Crippen LogP) is 2.43. The Hall–Kier alpha value is -1.98. The van der Waals surface area contributed by atoms with Gasteiger partial charge in [0.15, 0.2) is 0 Å². The highest BCUT2D eigenvalue weighted by molar-refractivity contribution is 5.89. The number of carboxylic acids is 1. The summed E-state index contributed by atoms with van der Waals surface area (Å²) in [5.41, 5.74) is -0.489. The average Bonchev–Trinajstić information content (AvgIpc) is 2.35. The maximum absolute atomic E-state index is 12.7. The van der Waals surface area contributed by atoms with Crippen LogP contribution in [0.25, 0.3) is 0 Å². The molecule has 0 radical (unpaired) electrons. The van der Waals surface area contributed by atoms with E-state index in [1.165, 1.54) is 13.2 Å². The summed E-state index contributed by atoms with van der Waals surface area (Å²) < 4.78 is 29.8. The predicted molar refractivity (Wildman–Crippen MR) is 58.7 cm³/mol. The summed E-state index contributed by atoms with van der Waals surface area (Å²) in [7, 11) is 1.24. The van der Waals surface area contributed by atoms with Crippen LogP contribution in [0.5, 0.6) is 0 Å². The molecule has 0 aliphatic carbocycles. The highest BCUT2D eigenvalue weighted by Gasteiger charge is 2.18. The average molecular weight is 258 g/mol. The van der Waals surface area contributed by atoms with E-state index in [0.29, 0.717) is 5.56 Å². The molecule has 1 rings (SSSR count). The first-order valence-electron chi connectivity index (χ1n) is 5.16.